The van der Waals surface area contributed by atoms with Crippen LogP contribution >= 0.6 is 0 Å². The first-order valence-corrected chi connectivity index (χ1v) is 9.25. The molecular formula is C19H22N6O. The van der Waals surface area contributed by atoms with Crippen LogP contribution in [0.2, 0.25) is 0 Å². The van der Waals surface area contributed by atoms with Gasteiger partial charge in [0.1, 0.15) is 5.39 Å². The second kappa shape index (κ2) is 5.95. The molecule has 2 atom stereocenters. The van der Waals surface area contributed by atoms with Gasteiger partial charge in [0.05, 0.1) is 11.9 Å². The molecule has 7 heteroatoms. The molecule has 1 saturated carbocycles. The first-order chi connectivity index (χ1) is 12.7. The van der Waals surface area contributed by atoms with Gasteiger partial charge in [0, 0.05) is 24.7 Å². The molecule has 2 aromatic heterocycles. The summed E-state index contributed by atoms with van der Waals surface area (Å²) in [5, 5.41) is 8.29. The topological polar surface area (TPSA) is 78.8 Å². The molecule has 0 amide bonds. The number of likely N-dealkylation sites (tertiary alicyclic amines) is 1. The van der Waals surface area contributed by atoms with Gasteiger partial charge in [-0.05, 0) is 38.3 Å². The van der Waals surface area contributed by atoms with Crippen molar-refractivity contribution in [3.05, 3.63) is 46.9 Å². The molecule has 26 heavy (non-hydrogen) atoms. The fraction of sp³-hybridized carbons (Fsp3) is 0.421. The third-order valence-electron chi connectivity index (χ3n) is 5.42. The van der Waals surface area contributed by atoms with E-state index in [0.29, 0.717) is 29.1 Å². The van der Waals surface area contributed by atoms with Gasteiger partial charge in [0.2, 0.25) is 5.95 Å². The van der Waals surface area contributed by atoms with Crippen molar-refractivity contribution in [2.45, 2.75) is 44.3 Å². The Hall–Kier alpha value is -2.67. The smallest absolute Gasteiger partial charge is 0.263 e. The van der Waals surface area contributed by atoms with Crippen molar-refractivity contribution in [2.75, 3.05) is 11.9 Å². The molecule has 7 nitrogen and oxygen atoms in total. The summed E-state index contributed by atoms with van der Waals surface area (Å²) in [7, 11) is 0. The number of hydrogen-bond donors (Lipinski definition) is 2. The number of para-hydroxylation sites is 1. The predicted molar refractivity (Wildman–Crippen MR) is 101 cm³/mol. The summed E-state index contributed by atoms with van der Waals surface area (Å²) in [5.41, 5.74) is 1.30. The number of rotatable bonds is 4. The summed E-state index contributed by atoms with van der Waals surface area (Å²) in [6.45, 7) is 3.29. The van der Waals surface area contributed by atoms with Crippen molar-refractivity contribution in [2.24, 2.45) is 0 Å². The summed E-state index contributed by atoms with van der Waals surface area (Å²) >= 11 is 0. The molecular weight excluding hydrogens is 328 g/mol. The Bertz CT molecular complexity index is 990. The molecule has 134 valence electrons. The normalized spacial score (nSPS) is 23.6. The summed E-state index contributed by atoms with van der Waals surface area (Å²) in [4.78, 5) is 22.6. The van der Waals surface area contributed by atoms with Crippen LogP contribution in [0.5, 0.6) is 0 Å². The summed E-state index contributed by atoms with van der Waals surface area (Å²) in [6.07, 6.45) is 5.27. The molecule has 0 spiro atoms. The van der Waals surface area contributed by atoms with Crippen molar-refractivity contribution >= 4 is 17.0 Å². The first-order valence-electron chi connectivity index (χ1n) is 9.25. The third-order valence-corrected chi connectivity index (χ3v) is 5.42. The van der Waals surface area contributed by atoms with Crippen LogP contribution in [0.3, 0.4) is 0 Å². The summed E-state index contributed by atoms with van der Waals surface area (Å²) in [6, 6.07) is 11.4. The van der Waals surface area contributed by atoms with Crippen LogP contribution in [0, 0.1) is 0 Å². The first kappa shape index (κ1) is 15.6. The van der Waals surface area contributed by atoms with E-state index in [-0.39, 0.29) is 5.56 Å². The monoisotopic (exact) mass is 350 g/mol. The Kier molecular flexibility index (Phi) is 3.56. The van der Waals surface area contributed by atoms with Crippen molar-refractivity contribution in [3.8, 4) is 5.69 Å². The Morgan fingerprint density at radius 2 is 2.04 bits per heavy atom. The van der Waals surface area contributed by atoms with E-state index >= 15 is 0 Å². The van der Waals surface area contributed by atoms with Crippen molar-refractivity contribution in [3.63, 3.8) is 0 Å². The van der Waals surface area contributed by atoms with E-state index in [4.69, 9.17) is 0 Å². The predicted octanol–water partition coefficient (Wildman–Crippen LogP) is 2.15. The van der Waals surface area contributed by atoms with Crippen LogP contribution in [-0.2, 0) is 0 Å². The highest BCUT2D eigenvalue weighted by molar-refractivity contribution is 5.76. The van der Waals surface area contributed by atoms with Gasteiger partial charge in [-0.3, -0.25) is 14.7 Å². The number of benzene rings is 1. The number of aromatic nitrogens is 4. The van der Waals surface area contributed by atoms with Crippen molar-refractivity contribution in [1.29, 1.82) is 0 Å². The van der Waals surface area contributed by atoms with E-state index in [1.807, 2.05) is 30.3 Å². The zero-order valence-corrected chi connectivity index (χ0v) is 14.7. The van der Waals surface area contributed by atoms with Crippen LogP contribution < -0.4 is 10.9 Å². The van der Waals surface area contributed by atoms with Gasteiger partial charge >= 0.3 is 0 Å². The standard InChI is InChI=1S/C19H22N6O/c1-12-9-13(11-24(12)14-7-8-14)21-19-22-17-16(18(26)23-19)10-20-25(17)15-5-3-2-4-6-15/h2-6,10,12-14H,7-9,11H2,1H3,(H2,21,22,23,26). The highest BCUT2D eigenvalue weighted by atomic mass is 16.1. The minimum Gasteiger partial charge on any atom is -0.352 e. The number of fused-ring (bicyclic) bond motifs is 1. The lowest BCUT2D eigenvalue weighted by atomic mass is 10.2. The van der Waals surface area contributed by atoms with Gasteiger partial charge in [-0.25, -0.2) is 4.68 Å². The molecule has 1 aliphatic heterocycles. The largest absolute Gasteiger partial charge is 0.352 e. The Balaban J connectivity index is 1.46. The van der Waals surface area contributed by atoms with Crippen LogP contribution in [0.4, 0.5) is 5.95 Å². The molecule has 2 N–H and O–H groups in total. The number of nitrogens with one attached hydrogen (secondary N) is 2. The lowest BCUT2D eigenvalue weighted by Crippen LogP contribution is -2.31. The van der Waals surface area contributed by atoms with Crippen LogP contribution in [0.1, 0.15) is 26.2 Å². The fourth-order valence-corrected chi connectivity index (χ4v) is 4.01. The Morgan fingerprint density at radius 3 is 2.81 bits per heavy atom. The number of nitrogens with zero attached hydrogens (tertiary/aromatic N) is 4. The molecule has 0 bridgehead atoms. The molecule has 1 aromatic carbocycles. The second-order valence-corrected chi connectivity index (χ2v) is 7.40. The maximum atomic E-state index is 12.5. The van der Waals surface area contributed by atoms with Gasteiger partial charge in [-0.1, -0.05) is 18.2 Å². The minimum absolute atomic E-state index is 0.162. The van der Waals surface area contributed by atoms with Crippen molar-refractivity contribution in [1.82, 2.24) is 24.6 Å². The van der Waals surface area contributed by atoms with E-state index < -0.39 is 0 Å². The number of anilines is 1. The minimum atomic E-state index is -0.162. The van der Waals surface area contributed by atoms with Gasteiger partial charge in [-0.15, -0.1) is 0 Å². The van der Waals surface area contributed by atoms with Gasteiger partial charge in [0.15, 0.2) is 5.65 Å². The number of aromatic amines is 1. The zero-order chi connectivity index (χ0) is 17.7. The molecule has 2 aliphatic rings. The quantitative estimate of drug-likeness (QED) is 0.754. The number of H-pyrrole nitrogens is 1. The fourth-order valence-electron chi connectivity index (χ4n) is 4.01. The third kappa shape index (κ3) is 2.68. The molecule has 3 heterocycles. The van der Waals surface area contributed by atoms with E-state index in [9.17, 15) is 4.79 Å². The maximum absolute atomic E-state index is 12.5. The molecule has 5 rings (SSSR count). The van der Waals surface area contributed by atoms with Crippen LogP contribution in [0.25, 0.3) is 16.7 Å². The van der Waals surface area contributed by atoms with E-state index in [1.165, 1.54) is 12.8 Å². The highest BCUT2D eigenvalue weighted by Crippen LogP contribution is 2.33. The maximum Gasteiger partial charge on any atom is 0.263 e. The average molecular weight is 350 g/mol. The molecule has 0 radical (unpaired) electrons. The lowest BCUT2D eigenvalue weighted by molar-refractivity contribution is 0.257. The summed E-state index contributed by atoms with van der Waals surface area (Å²) in [5.74, 6) is 0.523. The van der Waals surface area contributed by atoms with E-state index in [2.05, 4.69) is 32.2 Å². The molecule has 1 saturated heterocycles. The molecule has 2 fully saturated rings. The Labute approximate surface area is 151 Å². The zero-order valence-electron chi connectivity index (χ0n) is 14.7. The van der Waals surface area contributed by atoms with Crippen molar-refractivity contribution < 1.29 is 0 Å². The average Bonchev–Trinajstić information content (AvgIpc) is 3.28. The molecule has 3 aromatic rings. The molecule has 1 aliphatic carbocycles. The van der Waals surface area contributed by atoms with Crippen LogP contribution in [0.15, 0.2) is 41.3 Å². The van der Waals surface area contributed by atoms with Gasteiger partial charge < -0.3 is 5.32 Å². The Morgan fingerprint density at radius 1 is 1.23 bits per heavy atom. The second-order valence-electron chi connectivity index (χ2n) is 7.40. The van der Waals surface area contributed by atoms with Gasteiger partial charge in [-0.2, -0.15) is 10.1 Å². The highest BCUT2D eigenvalue weighted by Gasteiger charge is 2.38. The van der Waals surface area contributed by atoms with Gasteiger partial charge in [0.25, 0.3) is 5.56 Å². The van der Waals surface area contributed by atoms with Crippen LogP contribution in [-0.4, -0.2) is 49.3 Å². The van der Waals surface area contributed by atoms with E-state index in [0.717, 1.165) is 24.7 Å². The lowest BCUT2D eigenvalue weighted by Gasteiger charge is -2.19. The summed E-state index contributed by atoms with van der Waals surface area (Å²) < 4.78 is 1.71. The molecule has 2 unspecified atom stereocenters. The SMILES string of the molecule is CC1CC(Nc2nc3c(cnn3-c3ccccc3)c(=O)[nH]2)CN1C1CC1. The number of hydrogen-bond acceptors (Lipinski definition) is 5. The van der Waals surface area contributed by atoms with E-state index in [1.54, 1.807) is 10.9 Å².